The van der Waals surface area contributed by atoms with Gasteiger partial charge in [0.15, 0.2) is 0 Å². The van der Waals surface area contributed by atoms with Gasteiger partial charge in [0.05, 0.1) is 0 Å². The van der Waals surface area contributed by atoms with Crippen molar-refractivity contribution in [1.29, 1.82) is 0 Å². The molecule has 0 unspecified atom stereocenters. The lowest BCUT2D eigenvalue weighted by Gasteiger charge is -2.01. The van der Waals surface area contributed by atoms with Gasteiger partial charge < -0.3 is 4.79 Å². The fourth-order valence-electron chi connectivity index (χ4n) is 1.93. The maximum atomic E-state index is 11.0. The van der Waals surface area contributed by atoms with Gasteiger partial charge in [0.2, 0.25) is 0 Å². The molecule has 0 aromatic heterocycles. The Morgan fingerprint density at radius 1 is 0.706 bits per heavy atom. The molecule has 0 heterocycles. The van der Waals surface area contributed by atoms with E-state index in [9.17, 15) is 9.59 Å². The van der Waals surface area contributed by atoms with Crippen molar-refractivity contribution in [2.75, 3.05) is 0 Å². The van der Waals surface area contributed by atoms with Crippen LogP contribution in [0.1, 0.15) is 84.5 Å². The summed E-state index contributed by atoms with van der Waals surface area (Å²) in [6.45, 7) is 3.60. The van der Waals surface area contributed by atoms with Gasteiger partial charge in [-0.25, -0.2) is 0 Å². The van der Waals surface area contributed by atoms with E-state index in [1.54, 1.807) is 6.92 Å². The lowest BCUT2D eigenvalue weighted by atomic mass is 10.0. The summed E-state index contributed by atoms with van der Waals surface area (Å²) in [7, 11) is 0. The van der Waals surface area contributed by atoms with Gasteiger partial charge in [-0.05, 0) is 19.8 Å². The number of carbonyl (C=O) groups excluding carboxylic acids is 2. The first-order valence-corrected chi connectivity index (χ1v) is 7.18. The largest absolute Gasteiger partial charge is 0.300 e. The highest BCUT2D eigenvalue weighted by Crippen LogP contribution is 2.11. The minimum atomic E-state index is 0.311. The molecular formula is C15H28O2. The van der Waals surface area contributed by atoms with E-state index in [0.29, 0.717) is 18.0 Å². The third-order valence-corrected chi connectivity index (χ3v) is 3.13. The lowest BCUT2D eigenvalue weighted by molar-refractivity contribution is -0.119. The van der Waals surface area contributed by atoms with Crippen LogP contribution in [0.15, 0.2) is 0 Å². The van der Waals surface area contributed by atoms with Crippen LogP contribution >= 0.6 is 0 Å². The van der Waals surface area contributed by atoms with Crippen molar-refractivity contribution in [3.63, 3.8) is 0 Å². The van der Waals surface area contributed by atoms with Crippen LogP contribution < -0.4 is 0 Å². The molecule has 0 aliphatic carbocycles. The monoisotopic (exact) mass is 240 g/mol. The van der Waals surface area contributed by atoms with Crippen LogP contribution in [0.4, 0.5) is 0 Å². The molecule has 0 saturated heterocycles. The molecule has 0 spiro atoms. The summed E-state index contributed by atoms with van der Waals surface area (Å²) < 4.78 is 0. The van der Waals surface area contributed by atoms with Crippen LogP contribution in [0.25, 0.3) is 0 Å². The first kappa shape index (κ1) is 16.3. The molecule has 0 aliphatic rings. The number of rotatable bonds is 12. The fraction of sp³-hybridized carbons (Fsp3) is 0.867. The van der Waals surface area contributed by atoms with Crippen LogP contribution in [0, 0.1) is 0 Å². The molecule has 0 atom stereocenters. The molecule has 0 aromatic carbocycles. The van der Waals surface area contributed by atoms with Crippen molar-refractivity contribution >= 4 is 11.6 Å². The summed E-state index contributed by atoms with van der Waals surface area (Å²) in [4.78, 5) is 21.7. The molecule has 0 aromatic rings. The SMILES string of the molecule is CCC(=O)CCCCCCCCCCC(C)=O. The van der Waals surface area contributed by atoms with Crippen molar-refractivity contribution in [3.8, 4) is 0 Å². The van der Waals surface area contributed by atoms with Gasteiger partial charge >= 0.3 is 0 Å². The lowest BCUT2D eigenvalue weighted by Crippen LogP contribution is -1.94. The second-order valence-corrected chi connectivity index (χ2v) is 4.92. The smallest absolute Gasteiger partial charge is 0.132 e. The number of unbranched alkanes of at least 4 members (excludes halogenated alkanes) is 7. The molecule has 0 N–H and O–H groups in total. The predicted octanol–water partition coefficient (Wildman–Crippen LogP) is 4.46. The van der Waals surface area contributed by atoms with Crippen molar-refractivity contribution in [3.05, 3.63) is 0 Å². The second-order valence-electron chi connectivity index (χ2n) is 4.92. The first-order valence-electron chi connectivity index (χ1n) is 7.18. The van der Waals surface area contributed by atoms with E-state index in [4.69, 9.17) is 0 Å². The quantitative estimate of drug-likeness (QED) is 0.472. The van der Waals surface area contributed by atoms with Crippen LogP contribution in [0.3, 0.4) is 0 Å². The van der Waals surface area contributed by atoms with E-state index in [-0.39, 0.29) is 0 Å². The average Bonchev–Trinajstić information content (AvgIpc) is 2.30. The Bertz CT molecular complexity index is 209. The fourth-order valence-corrected chi connectivity index (χ4v) is 1.93. The molecule has 2 heteroatoms. The van der Waals surface area contributed by atoms with E-state index in [1.165, 1.54) is 38.5 Å². The Morgan fingerprint density at radius 2 is 1.12 bits per heavy atom. The Balaban J connectivity index is 3.03. The van der Waals surface area contributed by atoms with E-state index in [2.05, 4.69) is 0 Å². The summed E-state index contributed by atoms with van der Waals surface area (Å²) in [6.07, 6.45) is 11.8. The highest BCUT2D eigenvalue weighted by Gasteiger charge is 1.98. The molecule has 0 radical (unpaired) electrons. The highest BCUT2D eigenvalue weighted by atomic mass is 16.1. The molecule has 0 fully saturated rings. The summed E-state index contributed by atoms with van der Waals surface area (Å²) in [5, 5.41) is 0. The van der Waals surface area contributed by atoms with Gasteiger partial charge in [-0.1, -0.05) is 45.4 Å². The Kier molecular flexibility index (Phi) is 11.4. The Hall–Kier alpha value is -0.660. The van der Waals surface area contributed by atoms with Crippen molar-refractivity contribution < 1.29 is 9.59 Å². The molecule has 0 bridgehead atoms. The minimum Gasteiger partial charge on any atom is -0.300 e. The third-order valence-electron chi connectivity index (χ3n) is 3.13. The molecule has 0 amide bonds. The third kappa shape index (κ3) is 13.3. The Morgan fingerprint density at radius 3 is 1.53 bits per heavy atom. The molecule has 0 rings (SSSR count). The summed E-state index contributed by atoms with van der Waals surface area (Å²) in [6, 6.07) is 0. The molecule has 100 valence electrons. The minimum absolute atomic E-state index is 0.311. The van der Waals surface area contributed by atoms with E-state index < -0.39 is 0 Å². The number of carbonyl (C=O) groups is 2. The van der Waals surface area contributed by atoms with Gasteiger partial charge in [-0.15, -0.1) is 0 Å². The standard InChI is InChI=1S/C15H28O2/c1-3-15(17)13-11-9-7-5-4-6-8-10-12-14(2)16/h3-13H2,1-2H3. The summed E-state index contributed by atoms with van der Waals surface area (Å²) in [5.41, 5.74) is 0. The molecule has 0 saturated carbocycles. The molecular weight excluding hydrogens is 212 g/mol. The normalized spacial score (nSPS) is 10.5. The number of hydrogen-bond donors (Lipinski definition) is 0. The van der Waals surface area contributed by atoms with Crippen LogP contribution in [0.2, 0.25) is 0 Å². The highest BCUT2D eigenvalue weighted by molar-refractivity contribution is 5.77. The Labute approximate surface area is 106 Å². The number of Topliss-reactive ketones (excluding diaryl/α,β-unsaturated/α-hetero) is 2. The van der Waals surface area contributed by atoms with E-state index in [1.807, 2.05) is 6.92 Å². The van der Waals surface area contributed by atoms with Crippen molar-refractivity contribution in [1.82, 2.24) is 0 Å². The second kappa shape index (κ2) is 11.8. The zero-order valence-corrected chi connectivity index (χ0v) is 11.6. The summed E-state index contributed by atoms with van der Waals surface area (Å²) >= 11 is 0. The van der Waals surface area contributed by atoms with E-state index >= 15 is 0 Å². The van der Waals surface area contributed by atoms with Gasteiger partial charge in [0.1, 0.15) is 11.6 Å². The van der Waals surface area contributed by atoms with Crippen LogP contribution in [-0.4, -0.2) is 11.6 Å². The molecule has 2 nitrogen and oxygen atoms in total. The number of hydrogen-bond acceptors (Lipinski definition) is 2. The maximum absolute atomic E-state index is 11.0. The van der Waals surface area contributed by atoms with Crippen molar-refractivity contribution in [2.24, 2.45) is 0 Å². The predicted molar refractivity (Wildman–Crippen MR) is 72.1 cm³/mol. The van der Waals surface area contributed by atoms with Gasteiger partial charge in [0.25, 0.3) is 0 Å². The zero-order valence-electron chi connectivity index (χ0n) is 11.6. The average molecular weight is 240 g/mol. The topological polar surface area (TPSA) is 34.1 Å². The summed E-state index contributed by atoms with van der Waals surface area (Å²) in [5.74, 6) is 0.708. The van der Waals surface area contributed by atoms with Crippen molar-refractivity contribution in [2.45, 2.75) is 84.5 Å². The first-order chi connectivity index (χ1) is 8.16. The van der Waals surface area contributed by atoms with Gasteiger partial charge in [-0.2, -0.15) is 0 Å². The molecule has 0 aliphatic heterocycles. The van der Waals surface area contributed by atoms with Gasteiger partial charge in [0, 0.05) is 19.3 Å². The van der Waals surface area contributed by atoms with E-state index in [0.717, 1.165) is 25.7 Å². The molecule has 17 heavy (non-hydrogen) atoms. The zero-order chi connectivity index (χ0) is 12.9. The maximum Gasteiger partial charge on any atom is 0.132 e. The van der Waals surface area contributed by atoms with Crippen LogP contribution in [-0.2, 0) is 9.59 Å². The number of ketones is 2. The van der Waals surface area contributed by atoms with Gasteiger partial charge in [-0.3, -0.25) is 4.79 Å². The van der Waals surface area contributed by atoms with Crippen LogP contribution in [0.5, 0.6) is 0 Å².